The number of aromatic amines is 1. The summed E-state index contributed by atoms with van der Waals surface area (Å²) >= 11 is 0. The number of aliphatic hydroxyl groups is 1. The largest absolute Gasteiger partial charge is 0.390 e. The van der Waals surface area contributed by atoms with E-state index in [9.17, 15) is 14.7 Å². The molecule has 0 spiro atoms. The average molecular weight is 469 g/mol. The van der Waals surface area contributed by atoms with Crippen LogP contribution in [0.1, 0.15) is 30.4 Å². The van der Waals surface area contributed by atoms with Gasteiger partial charge in [0.15, 0.2) is 0 Å². The van der Waals surface area contributed by atoms with Gasteiger partial charge in [0.05, 0.1) is 17.3 Å². The van der Waals surface area contributed by atoms with E-state index in [1.54, 1.807) is 6.20 Å². The Morgan fingerprint density at radius 3 is 2.31 bits per heavy atom. The number of H-pyrrole nitrogens is 1. The Kier molecular flexibility index (Phi) is 5.51. The number of aromatic nitrogens is 2. The molecule has 3 N–H and O–H groups in total. The number of likely N-dealkylation sites (tertiary alicyclic amines) is 1. The number of β-amino-alcohol motifs (C(OH)–C–C–N with tert-alkyl or cyclic N) is 1. The Morgan fingerprint density at radius 1 is 0.829 bits per heavy atom. The summed E-state index contributed by atoms with van der Waals surface area (Å²) in [5.41, 5.74) is 4.00. The minimum atomic E-state index is -0.530. The molecule has 0 radical (unpaired) electrons. The number of aliphatic hydroxyl groups excluding tert-OH is 1. The fourth-order valence-electron chi connectivity index (χ4n) is 5.57. The molecule has 2 aliphatic rings. The first-order valence-corrected chi connectivity index (χ1v) is 12.3. The lowest BCUT2D eigenvalue weighted by atomic mass is 9.95. The smallest absolute Gasteiger partial charge is 0.259 e. The van der Waals surface area contributed by atoms with Gasteiger partial charge in [-0.2, -0.15) is 0 Å². The molecule has 2 aromatic carbocycles. The molecule has 2 amide bonds. The molecule has 1 atom stereocenters. The molecule has 1 saturated heterocycles. The van der Waals surface area contributed by atoms with Gasteiger partial charge in [-0.25, -0.2) is 0 Å². The predicted octanol–water partition coefficient (Wildman–Crippen LogP) is 3.54. The van der Waals surface area contributed by atoms with Crippen LogP contribution in [0, 0.1) is 0 Å². The molecular formula is C28H28N4O3. The Labute approximate surface area is 203 Å². The second-order valence-corrected chi connectivity index (χ2v) is 9.51. The van der Waals surface area contributed by atoms with E-state index in [0.717, 1.165) is 34.9 Å². The fraction of sp³-hybridized carbons (Fsp3) is 0.286. The Balaban J connectivity index is 1.44. The number of carbonyl (C=O) groups excluding carboxylic acids is 2. The normalized spacial score (nSPS) is 18.1. The number of hydrogen-bond donors (Lipinski definition) is 3. The molecule has 4 aromatic rings. The van der Waals surface area contributed by atoms with Gasteiger partial charge < -0.3 is 19.6 Å². The van der Waals surface area contributed by atoms with Crippen LogP contribution in [0.5, 0.6) is 0 Å². The fourth-order valence-corrected chi connectivity index (χ4v) is 5.57. The van der Waals surface area contributed by atoms with Gasteiger partial charge >= 0.3 is 0 Å². The maximum absolute atomic E-state index is 13.1. The summed E-state index contributed by atoms with van der Waals surface area (Å²) in [5.74, 6) is -0.788. The van der Waals surface area contributed by atoms with Crippen LogP contribution < -0.4 is 5.32 Å². The third kappa shape index (κ3) is 3.87. The number of fused-ring (bicyclic) bond motifs is 2. The molecular weight excluding hydrogens is 440 g/mol. The first kappa shape index (κ1) is 21.8. The Morgan fingerprint density at radius 2 is 1.51 bits per heavy atom. The van der Waals surface area contributed by atoms with Gasteiger partial charge in [0.1, 0.15) is 0 Å². The van der Waals surface area contributed by atoms with Gasteiger partial charge in [-0.15, -0.1) is 0 Å². The quantitative estimate of drug-likeness (QED) is 0.378. The number of hydrogen-bond acceptors (Lipinski definition) is 4. The van der Waals surface area contributed by atoms with Gasteiger partial charge in [-0.05, 0) is 38.1 Å². The lowest BCUT2D eigenvalue weighted by Gasteiger charge is -2.28. The van der Waals surface area contributed by atoms with E-state index in [0.29, 0.717) is 35.4 Å². The second-order valence-electron chi connectivity index (χ2n) is 9.51. The van der Waals surface area contributed by atoms with Crippen LogP contribution in [0.3, 0.4) is 0 Å². The first-order valence-electron chi connectivity index (χ1n) is 12.3. The van der Waals surface area contributed by atoms with Crippen LogP contribution in [-0.2, 0) is 16.1 Å². The zero-order valence-corrected chi connectivity index (χ0v) is 19.5. The van der Waals surface area contributed by atoms with Crippen LogP contribution in [0.2, 0.25) is 0 Å². The van der Waals surface area contributed by atoms with Crippen molar-refractivity contribution in [1.82, 2.24) is 19.8 Å². The van der Waals surface area contributed by atoms with E-state index in [1.165, 1.54) is 19.3 Å². The molecule has 35 heavy (non-hydrogen) atoms. The van der Waals surface area contributed by atoms with Crippen molar-refractivity contribution in [2.24, 2.45) is 0 Å². The van der Waals surface area contributed by atoms with Crippen molar-refractivity contribution >= 4 is 44.8 Å². The topological polar surface area (TPSA) is 90.4 Å². The lowest BCUT2D eigenvalue weighted by molar-refractivity contribution is -0.122. The Bertz CT molecular complexity index is 1470. The number of carbonyl (C=O) groups is 2. The van der Waals surface area contributed by atoms with E-state index in [1.807, 2.05) is 59.3 Å². The summed E-state index contributed by atoms with van der Waals surface area (Å²) in [5, 5.41) is 15.2. The van der Waals surface area contributed by atoms with E-state index in [4.69, 9.17) is 0 Å². The highest BCUT2D eigenvalue weighted by Gasteiger charge is 2.35. The Hall–Kier alpha value is -3.68. The molecule has 0 saturated carbocycles. The monoisotopic (exact) mass is 468 g/mol. The molecule has 2 aliphatic heterocycles. The zero-order valence-electron chi connectivity index (χ0n) is 19.5. The van der Waals surface area contributed by atoms with E-state index < -0.39 is 17.9 Å². The number of amides is 2. The number of imide groups is 1. The molecule has 1 unspecified atom stereocenters. The number of para-hydroxylation sites is 2. The van der Waals surface area contributed by atoms with Crippen LogP contribution >= 0.6 is 0 Å². The minimum Gasteiger partial charge on any atom is -0.390 e. The van der Waals surface area contributed by atoms with Gasteiger partial charge in [-0.1, -0.05) is 42.8 Å². The van der Waals surface area contributed by atoms with Crippen LogP contribution in [0.4, 0.5) is 0 Å². The number of benzene rings is 2. The highest BCUT2D eigenvalue weighted by atomic mass is 16.3. The summed E-state index contributed by atoms with van der Waals surface area (Å²) in [6.45, 7) is 3.10. The van der Waals surface area contributed by atoms with Crippen molar-refractivity contribution < 1.29 is 14.7 Å². The zero-order chi connectivity index (χ0) is 23.9. The molecule has 7 nitrogen and oxygen atoms in total. The number of nitrogens with one attached hydrogen (secondary N) is 2. The molecule has 0 bridgehead atoms. The lowest BCUT2D eigenvalue weighted by Crippen LogP contribution is -2.37. The van der Waals surface area contributed by atoms with Gasteiger partial charge in [0.25, 0.3) is 11.8 Å². The van der Waals surface area contributed by atoms with Crippen molar-refractivity contribution in [3.05, 3.63) is 72.1 Å². The van der Waals surface area contributed by atoms with Gasteiger partial charge in [0.2, 0.25) is 0 Å². The van der Waals surface area contributed by atoms with Crippen LogP contribution in [-0.4, -0.2) is 57.1 Å². The highest BCUT2D eigenvalue weighted by Crippen LogP contribution is 2.38. The highest BCUT2D eigenvalue weighted by molar-refractivity contribution is 6.50. The molecule has 6 rings (SSSR count). The third-order valence-electron chi connectivity index (χ3n) is 7.17. The first-order chi connectivity index (χ1) is 17.1. The molecule has 2 aromatic heterocycles. The van der Waals surface area contributed by atoms with Gasteiger partial charge in [0, 0.05) is 58.4 Å². The number of nitrogens with zero attached hydrogens (tertiary/aromatic N) is 2. The molecule has 7 heteroatoms. The van der Waals surface area contributed by atoms with Crippen molar-refractivity contribution in [3.63, 3.8) is 0 Å². The summed E-state index contributed by atoms with van der Waals surface area (Å²) in [7, 11) is 0. The van der Waals surface area contributed by atoms with Crippen molar-refractivity contribution in [1.29, 1.82) is 0 Å². The van der Waals surface area contributed by atoms with Crippen LogP contribution in [0.25, 0.3) is 33.0 Å². The molecule has 178 valence electrons. The van der Waals surface area contributed by atoms with Gasteiger partial charge in [-0.3, -0.25) is 14.9 Å². The maximum atomic E-state index is 13.1. The van der Waals surface area contributed by atoms with E-state index in [2.05, 4.69) is 15.2 Å². The standard InChI is InChI=1S/C28H28N4O3/c33-18(15-31-12-6-1-7-13-31)16-32-17-22(20-9-3-5-11-24(20)32)26-25(27(34)30-28(26)35)21-14-29-23-10-4-2-8-19(21)23/h2-5,8-11,14,17-18,29,33H,1,6-7,12-13,15-16H2,(H,30,34,35). The second kappa shape index (κ2) is 8.83. The molecule has 1 fully saturated rings. The summed E-state index contributed by atoms with van der Waals surface area (Å²) in [6.07, 6.45) is 6.78. The summed E-state index contributed by atoms with van der Waals surface area (Å²) in [4.78, 5) is 31.6. The van der Waals surface area contributed by atoms with E-state index >= 15 is 0 Å². The molecule has 0 aliphatic carbocycles. The van der Waals surface area contributed by atoms with Crippen molar-refractivity contribution in [2.45, 2.75) is 31.9 Å². The predicted molar refractivity (Wildman–Crippen MR) is 136 cm³/mol. The van der Waals surface area contributed by atoms with E-state index in [-0.39, 0.29) is 0 Å². The van der Waals surface area contributed by atoms with Crippen LogP contribution in [0.15, 0.2) is 60.9 Å². The minimum absolute atomic E-state index is 0.375. The summed E-state index contributed by atoms with van der Waals surface area (Å²) < 4.78 is 2.01. The molecule has 4 heterocycles. The average Bonchev–Trinajstić information content (AvgIpc) is 3.53. The number of rotatable bonds is 6. The number of piperidine rings is 1. The summed E-state index contributed by atoms with van der Waals surface area (Å²) in [6, 6.07) is 15.6. The maximum Gasteiger partial charge on any atom is 0.259 e. The van der Waals surface area contributed by atoms with Crippen molar-refractivity contribution in [2.75, 3.05) is 19.6 Å². The third-order valence-corrected chi connectivity index (χ3v) is 7.17. The van der Waals surface area contributed by atoms with Crippen molar-refractivity contribution in [3.8, 4) is 0 Å². The SMILES string of the molecule is O=C1NC(=O)C(c2cn(CC(O)CN3CCCCC3)c3ccccc23)=C1c1c[nH]c2ccccc12.